The third kappa shape index (κ3) is 3.16. The van der Waals surface area contributed by atoms with Crippen LogP contribution in [0.4, 0.5) is 5.82 Å². The van der Waals surface area contributed by atoms with E-state index in [-0.39, 0.29) is 11.3 Å². The van der Waals surface area contributed by atoms with Gasteiger partial charge in [-0.05, 0) is 37.3 Å². The predicted octanol–water partition coefficient (Wildman–Crippen LogP) is 3.50. The molecule has 1 aliphatic rings. The number of anilines is 1. The van der Waals surface area contributed by atoms with Gasteiger partial charge in [0.15, 0.2) is 0 Å². The first-order valence-electron chi connectivity index (χ1n) is 7.23. The molecule has 4 nitrogen and oxygen atoms in total. The number of rotatable bonds is 4. The summed E-state index contributed by atoms with van der Waals surface area (Å²) < 4.78 is 0. The Morgan fingerprint density at radius 2 is 2.15 bits per heavy atom. The van der Waals surface area contributed by atoms with E-state index in [0.717, 1.165) is 32.1 Å². The Hall–Kier alpha value is -1.89. The van der Waals surface area contributed by atoms with Crippen LogP contribution in [-0.2, 0) is 4.79 Å². The van der Waals surface area contributed by atoms with Crippen LogP contribution in [-0.4, -0.2) is 10.9 Å². The van der Waals surface area contributed by atoms with Gasteiger partial charge in [0.25, 0.3) is 0 Å². The molecule has 0 radical (unpaired) electrons. The largest absolute Gasteiger partial charge is 0.310 e. The summed E-state index contributed by atoms with van der Waals surface area (Å²) in [6, 6.07) is 5.38. The Morgan fingerprint density at radius 1 is 1.45 bits per heavy atom. The molecule has 2 rings (SSSR count). The van der Waals surface area contributed by atoms with E-state index in [4.69, 9.17) is 5.26 Å². The Balaban J connectivity index is 2.10. The summed E-state index contributed by atoms with van der Waals surface area (Å²) in [6.07, 6.45) is 6.59. The zero-order chi connectivity index (χ0) is 14.6. The molecule has 1 aromatic heterocycles. The number of nitrogens with one attached hydrogen (secondary N) is 1. The van der Waals surface area contributed by atoms with Crippen LogP contribution in [0.5, 0.6) is 0 Å². The van der Waals surface area contributed by atoms with Crippen LogP contribution in [0.25, 0.3) is 0 Å². The summed E-state index contributed by atoms with van der Waals surface area (Å²) in [4.78, 5) is 16.7. The molecule has 1 heterocycles. The monoisotopic (exact) mass is 271 g/mol. The molecule has 1 N–H and O–H groups in total. The number of amides is 1. The second kappa shape index (κ2) is 6.04. The Morgan fingerprint density at radius 3 is 2.65 bits per heavy atom. The van der Waals surface area contributed by atoms with E-state index in [1.165, 1.54) is 6.20 Å². The lowest BCUT2D eigenvalue weighted by molar-refractivity contribution is -0.126. The van der Waals surface area contributed by atoms with Gasteiger partial charge < -0.3 is 5.32 Å². The van der Waals surface area contributed by atoms with Crippen molar-refractivity contribution in [1.29, 1.82) is 5.26 Å². The van der Waals surface area contributed by atoms with Crippen molar-refractivity contribution in [2.24, 2.45) is 11.3 Å². The van der Waals surface area contributed by atoms with Gasteiger partial charge in [0.05, 0.1) is 5.56 Å². The smallest absolute Gasteiger partial charge is 0.231 e. The molecule has 0 bridgehead atoms. The molecule has 1 aliphatic carbocycles. The molecule has 0 unspecified atom stereocenters. The summed E-state index contributed by atoms with van der Waals surface area (Å²) in [7, 11) is 0. The quantitative estimate of drug-likeness (QED) is 0.911. The Bertz CT molecular complexity index is 508. The van der Waals surface area contributed by atoms with Crippen LogP contribution >= 0.6 is 0 Å². The predicted molar refractivity (Wildman–Crippen MR) is 77.9 cm³/mol. The summed E-state index contributed by atoms with van der Waals surface area (Å²) in [5.41, 5.74) is 0.268. The van der Waals surface area contributed by atoms with Crippen LogP contribution in [0.1, 0.15) is 51.5 Å². The molecule has 1 saturated carbocycles. The van der Waals surface area contributed by atoms with Gasteiger partial charge >= 0.3 is 0 Å². The van der Waals surface area contributed by atoms with E-state index in [1.54, 1.807) is 12.1 Å². The molecule has 4 heteroatoms. The molecule has 1 fully saturated rings. The minimum absolute atomic E-state index is 0.0842. The minimum atomic E-state index is -0.232. The Kier molecular flexibility index (Phi) is 4.39. The van der Waals surface area contributed by atoms with Crippen molar-refractivity contribution in [1.82, 2.24) is 4.98 Å². The van der Waals surface area contributed by atoms with E-state index >= 15 is 0 Å². The van der Waals surface area contributed by atoms with Gasteiger partial charge in [-0.2, -0.15) is 5.26 Å². The van der Waals surface area contributed by atoms with Crippen LogP contribution < -0.4 is 5.32 Å². The summed E-state index contributed by atoms with van der Waals surface area (Å²) in [6.45, 7) is 4.32. The number of nitriles is 1. The Labute approximate surface area is 120 Å². The molecular formula is C16H21N3O. The van der Waals surface area contributed by atoms with Gasteiger partial charge in [-0.1, -0.05) is 26.7 Å². The standard InChI is InChI=1S/C16H21N3O/c1-12(2)9-16(7-3-4-8-16)15(20)19-14-6-5-13(10-17)11-18-14/h5-6,11-12H,3-4,7-9H2,1-2H3,(H,18,19,20). The maximum atomic E-state index is 12.6. The minimum Gasteiger partial charge on any atom is -0.310 e. The van der Waals surface area contributed by atoms with Crippen molar-refractivity contribution in [2.45, 2.75) is 46.0 Å². The fourth-order valence-electron chi connectivity index (χ4n) is 3.14. The van der Waals surface area contributed by atoms with Crippen molar-refractivity contribution in [3.8, 4) is 6.07 Å². The molecule has 106 valence electrons. The van der Waals surface area contributed by atoms with E-state index < -0.39 is 0 Å². The molecule has 0 saturated heterocycles. The van der Waals surface area contributed by atoms with Crippen molar-refractivity contribution in [2.75, 3.05) is 5.32 Å². The van der Waals surface area contributed by atoms with E-state index in [9.17, 15) is 4.79 Å². The molecule has 20 heavy (non-hydrogen) atoms. The van der Waals surface area contributed by atoms with Crippen molar-refractivity contribution in [3.63, 3.8) is 0 Å². The highest BCUT2D eigenvalue weighted by molar-refractivity contribution is 5.94. The zero-order valence-corrected chi connectivity index (χ0v) is 12.1. The highest BCUT2D eigenvalue weighted by Crippen LogP contribution is 2.43. The molecule has 0 aromatic carbocycles. The van der Waals surface area contributed by atoms with Crippen LogP contribution in [0.2, 0.25) is 0 Å². The average Bonchev–Trinajstić information content (AvgIpc) is 2.88. The molecular weight excluding hydrogens is 250 g/mol. The third-order valence-corrected chi connectivity index (χ3v) is 3.98. The normalized spacial score (nSPS) is 16.9. The van der Waals surface area contributed by atoms with Crippen molar-refractivity contribution >= 4 is 11.7 Å². The SMILES string of the molecule is CC(C)CC1(C(=O)Nc2ccc(C#N)cn2)CCCC1. The van der Waals surface area contributed by atoms with Gasteiger partial charge in [0.2, 0.25) is 5.91 Å². The maximum absolute atomic E-state index is 12.6. The third-order valence-electron chi connectivity index (χ3n) is 3.98. The van der Waals surface area contributed by atoms with Gasteiger partial charge in [-0.3, -0.25) is 4.79 Å². The fourth-order valence-corrected chi connectivity index (χ4v) is 3.14. The highest BCUT2D eigenvalue weighted by Gasteiger charge is 2.41. The second-order valence-electron chi connectivity index (χ2n) is 6.08. The van der Waals surface area contributed by atoms with Gasteiger partial charge in [0, 0.05) is 11.6 Å². The van der Waals surface area contributed by atoms with E-state index in [0.29, 0.717) is 17.3 Å². The summed E-state index contributed by atoms with van der Waals surface area (Å²) in [5.74, 6) is 1.12. The maximum Gasteiger partial charge on any atom is 0.231 e. The van der Waals surface area contributed by atoms with E-state index in [1.807, 2.05) is 6.07 Å². The first-order chi connectivity index (χ1) is 9.55. The van der Waals surface area contributed by atoms with E-state index in [2.05, 4.69) is 24.1 Å². The first-order valence-corrected chi connectivity index (χ1v) is 7.23. The summed E-state index contributed by atoms with van der Waals surface area (Å²) >= 11 is 0. The number of nitrogens with zero attached hydrogens (tertiary/aromatic N) is 2. The van der Waals surface area contributed by atoms with Gasteiger partial charge in [-0.15, -0.1) is 0 Å². The number of carbonyl (C=O) groups is 1. The number of hydrogen-bond acceptors (Lipinski definition) is 3. The molecule has 0 atom stereocenters. The van der Waals surface area contributed by atoms with Crippen LogP contribution in [0, 0.1) is 22.7 Å². The fraction of sp³-hybridized carbons (Fsp3) is 0.562. The molecule has 0 spiro atoms. The molecule has 0 aliphatic heterocycles. The summed E-state index contributed by atoms with van der Waals surface area (Å²) in [5, 5.41) is 11.7. The molecule has 1 amide bonds. The lowest BCUT2D eigenvalue weighted by Gasteiger charge is -2.29. The zero-order valence-electron chi connectivity index (χ0n) is 12.1. The first kappa shape index (κ1) is 14.5. The second-order valence-corrected chi connectivity index (χ2v) is 6.08. The van der Waals surface area contributed by atoms with Gasteiger partial charge in [0.1, 0.15) is 11.9 Å². The van der Waals surface area contributed by atoms with Gasteiger partial charge in [-0.25, -0.2) is 4.98 Å². The number of aromatic nitrogens is 1. The number of hydrogen-bond donors (Lipinski definition) is 1. The number of pyridine rings is 1. The highest BCUT2D eigenvalue weighted by atomic mass is 16.2. The lowest BCUT2D eigenvalue weighted by atomic mass is 9.77. The average molecular weight is 271 g/mol. The number of carbonyl (C=O) groups excluding carboxylic acids is 1. The lowest BCUT2D eigenvalue weighted by Crippen LogP contribution is -2.35. The van der Waals surface area contributed by atoms with Crippen molar-refractivity contribution in [3.05, 3.63) is 23.9 Å². The van der Waals surface area contributed by atoms with Crippen LogP contribution in [0.15, 0.2) is 18.3 Å². The van der Waals surface area contributed by atoms with Crippen LogP contribution in [0.3, 0.4) is 0 Å². The molecule has 1 aromatic rings. The van der Waals surface area contributed by atoms with Crippen molar-refractivity contribution < 1.29 is 4.79 Å². The topological polar surface area (TPSA) is 65.8 Å².